The van der Waals surface area contributed by atoms with Crippen LogP contribution in [0.1, 0.15) is 9.81 Å². The van der Waals surface area contributed by atoms with Gasteiger partial charge in [0.1, 0.15) is 24.1 Å². The molecule has 0 unspecified atom stereocenters. The molecule has 1 aromatic rings. The zero-order valence-electron chi connectivity index (χ0n) is 18.3. The number of oxime groups is 1. The maximum Gasteiger partial charge on any atom is 1.00 e. The van der Waals surface area contributed by atoms with Crippen LogP contribution in [0.25, 0.3) is 0 Å². The molecule has 11 nitrogen and oxygen atoms in total. The van der Waals surface area contributed by atoms with Gasteiger partial charge in [-0.2, -0.15) is 0 Å². The molecule has 0 aliphatic carbocycles. The summed E-state index contributed by atoms with van der Waals surface area (Å²) in [7, 11) is -1.52. The summed E-state index contributed by atoms with van der Waals surface area (Å²) in [5, 5.41) is 18.1. The number of carbonyl (C=O) groups excluding carboxylic acids is 3. The van der Waals surface area contributed by atoms with Crippen molar-refractivity contribution in [1.82, 2.24) is 15.2 Å². The van der Waals surface area contributed by atoms with Crippen LogP contribution in [-0.2, 0) is 24.0 Å². The molecule has 2 aliphatic heterocycles. The Morgan fingerprint density at radius 2 is 2.34 bits per heavy atom. The number of thioether (sulfide) groups is 1. The summed E-state index contributed by atoms with van der Waals surface area (Å²) < 4.78 is 26.2. The summed E-state index contributed by atoms with van der Waals surface area (Å²) in [5.41, 5.74) is 5.12. The molecular weight excluding hydrogens is 433 g/mol. The first-order valence-electron chi connectivity index (χ1n) is 9.19. The van der Waals surface area contributed by atoms with Gasteiger partial charge in [-0.15, -0.1) is 23.1 Å². The van der Waals surface area contributed by atoms with E-state index >= 15 is 0 Å². The van der Waals surface area contributed by atoms with E-state index in [0.717, 1.165) is 16.2 Å². The number of nitrogens with zero attached hydrogens (tertiary/aromatic N) is 3. The number of nitrogens with one attached hydrogen (secondary N) is 1. The van der Waals surface area contributed by atoms with Crippen molar-refractivity contribution >= 4 is 51.7 Å². The van der Waals surface area contributed by atoms with E-state index in [9.17, 15) is 19.5 Å². The second kappa shape index (κ2) is 9.91. The zero-order chi connectivity index (χ0) is 22.9. The van der Waals surface area contributed by atoms with Gasteiger partial charge < -0.3 is 30.5 Å². The monoisotopic (exact) mass is 452 g/mol. The number of aliphatic carboxylic acids is 1. The molecule has 0 saturated carbocycles. The van der Waals surface area contributed by atoms with E-state index in [1.54, 1.807) is 0 Å². The fourth-order valence-electron chi connectivity index (χ4n) is 2.81. The van der Waals surface area contributed by atoms with Gasteiger partial charge in [-0.1, -0.05) is 5.16 Å². The molecule has 2 aliphatic rings. The minimum atomic E-state index is -2.92. The first kappa shape index (κ1) is 19.3. The molecule has 2 amide bonds. The van der Waals surface area contributed by atoms with Crippen LogP contribution in [0.3, 0.4) is 0 Å². The van der Waals surface area contributed by atoms with Gasteiger partial charge in [-0.25, -0.2) is 4.98 Å². The second-order valence-electron chi connectivity index (χ2n) is 5.64. The van der Waals surface area contributed by atoms with Crippen molar-refractivity contribution in [2.75, 3.05) is 32.2 Å². The predicted octanol–water partition coefficient (Wildman–Crippen LogP) is -4.87. The third kappa shape index (κ3) is 4.59. The van der Waals surface area contributed by atoms with Gasteiger partial charge >= 0.3 is 29.6 Å². The number of anilines is 1. The number of nitrogen functional groups attached to an aromatic ring is 1. The van der Waals surface area contributed by atoms with Crippen molar-refractivity contribution in [2.45, 2.75) is 11.4 Å². The first-order chi connectivity index (χ1) is 14.5. The number of nitrogens with two attached hydrogens (primary N) is 1. The Kier molecular flexibility index (Phi) is 6.61. The fraction of sp³-hybridized carbons (Fsp3) is 0.400. The third-order valence-corrected chi connectivity index (χ3v) is 5.98. The zero-order valence-corrected chi connectivity index (χ0v) is 19.0. The number of β-lactam (4-membered cyclic amide) rings is 1. The Bertz CT molecular complexity index is 985. The average molecular weight is 452 g/mol. The number of rotatable bonds is 7. The Balaban J connectivity index is 0.00000363. The van der Waals surface area contributed by atoms with Crippen LogP contribution in [0.4, 0.5) is 5.13 Å². The molecule has 3 heterocycles. The van der Waals surface area contributed by atoms with Gasteiger partial charge in [0.25, 0.3) is 11.8 Å². The Labute approximate surface area is 200 Å². The molecule has 150 valence electrons. The van der Waals surface area contributed by atoms with Crippen LogP contribution in [0.5, 0.6) is 0 Å². The van der Waals surface area contributed by atoms with Crippen molar-refractivity contribution in [3.05, 3.63) is 22.3 Å². The summed E-state index contributed by atoms with van der Waals surface area (Å²) in [6.07, 6.45) is 0. The van der Waals surface area contributed by atoms with Gasteiger partial charge in [0.15, 0.2) is 10.8 Å². The van der Waals surface area contributed by atoms with E-state index in [2.05, 4.69) is 20.3 Å². The van der Waals surface area contributed by atoms with E-state index in [4.69, 9.17) is 14.6 Å². The number of ether oxygens (including phenoxy) is 1. The summed E-state index contributed by atoms with van der Waals surface area (Å²) in [5.74, 6) is -2.88. The Morgan fingerprint density at radius 3 is 2.93 bits per heavy atom. The maximum atomic E-state index is 12.8. The quantitative estimate of drug-likeness (QED) is 0.179. The third-order valence-electron chi connectivity index (χ3n) is 3.96. The van der Waals surface area contributed by atoms with E-state index in [-0.39, 0.29) is 58.4 Å². The summed E-state index contributed by atoms with van der Waals surface area (Å²) in [4.78, 5) is 46.2. The van der Waals surface area contributed by atoms with Crippen molar-refractivity contribution in [3.8, 4) is 0 Å². The molecule has 14 heteroatoms. The van der Waals surface area contributed by atoms with Gasteiger partial charge in [0.2, 0.25) is 0 Å². The molecule has 3 N–H and O–H groups in total. The number of carboxylic acid groups (broad SMARTS) is 1. The molecule has 2 atom stereocenters. The van der Waals surface area contributed by atoms with Crippen molar-refractivity contribution in [3.63, 3.8) is 0 Å². The number of carbonyl (C=O) groups is 3. The maximum absolute atomic E-state index is 12.8. The molecule has 0 aromatic carbocycles. The van der Waals surface area contributed by atoms with Crippen LogP contribution in [0.2, 0.25) is 0 Å². The number of carboxylic acids is 1. The normalized spacial score (nSPS) is 23.1. The topological polar surface area (TPSA) is 159 Å². The summed E-state index contributed by atoms with van der Waals surface area (Å²) in [6.45, 7) is 0.0123. The number of fused-ring (bicyclic) bond motifs is 1. The van der Waals surface area contributed by atoms with E-state index < -0.39 is 41.9 Å². The van der Waals surface area contributed by atoms with Crippen LogP contribution in [0.15, 0.2) is 21.8 Å². The Hall–Kier alpha value is -1.64. The number of amides is 2. The smallest absolute Gasteiger partial charge is 0.543 e. The number of hydrogen-bond acceptors (Lipinski definition) is 11. The minimum Gasteiger partial charge on any atom is -0.543 e. The van der Waals surface area contributed by atoms with E-state index in [1.807, 2.05) is 0 Å². The van der Waals surface area contributed by atoms with Crippen molar-refractivity contribution < 1.29 is 62.7 Å². The molecule has 1 aromatic heterocycles. The molecule has 1 fully saturated rings. The Morgan fingerprint density at radius 1 is 1.59 bits per heavy atom. The largest absolute Gasteiger partial charge is 1.00 e. The van der Waals surface area contributed by atoms with Crippen LogP contribution >= 0.6 is 23.1 Å². The van der Waals surface area contributed by atoms with Crippen molar-refractivity contribution in [1.29, 1.82) is 0 Å². The number of aromatic nitrogens is 1. The molecule has 0 bridgehead atoms. The molecule has 29 heavy (non-hydrogen) atoms. The average Bonchev–Trinajstić information content (AvgIpc) is 3.10. The minimum absolute atomic E-state index is 0. The van der Waals surface area contributed by atoms with Crippen LogP contribution < -0.4 is 45.7 Å². The van der Waals surface area contributed by atoms with Gasteiger partial charge in [0, 0.05) is 18.2 Å². The van der Waals surface area contributed by atoms with E-state index in [0.29, 0.717) is 5.57 Å². The predicted molar refractivity (Wildman–Crippen MR) is 99.0 cm³/mol. The van der Waals surface area contributed by atoms with Crippen LogP contribution in [0, 0.1) is 0 Å². The molecule has 0 radical (unpaired) electrons. The molecule has 1 saturated heterocycles. The van der Waals surface area contributed by atoms with Gasteiger partial charge in [-0.05, 0) is 5.57 Å². The summed E-state index contributed by atoms with van der Waals surface area (Å²) in [6, 6.07) is -1.08. The first-order valence-corrected chi connectivity index (χ1v) is 9.61. The number of hydrogen-bond donors (Lipinski definition) is 2. The number of thiazole rings is 1. The molecule has 3 rings (SSSR count). The number of methoxy groups -OCH3 is 1. The standard InChI is InChI=1S/C15H17N5O6S2.Na/c1-25-3-6-4-27-13-9(12(22)20(13)10(6)14(23)24)18-11(21)8(19-26-2)7-5-28-15(16)17-7;/h5,9,13H,3-4H2,1-2H3,(H2,16,17)(H,18,21)(H,23,24);/q;+1/p-1/b19-8-;/t9-,13-;/m1./s1/i2D3;. The van der Waals surface area contributed by atoms with Gasteiger partial charge in [-0.3, -0.25) is 14.5 Å². The van der Waals surface area contributed by atoms with Crippen LogP contribution in [-0.4, -0.2) is 71.3 Å². The fourth-order valence-corrected chi connectivity index (χ4v) is 4.69. The SMILES string of the molecule is [2H]C([2H])([2H])O/N=C(\C(=O)N[C@@H]1C(=O)N2C(C(=O)[O-])=C(COC)CS[C@H]12)c1csc(N)n1.[Na+]. The summed E-state index contributed by atoms with van der Waals surface area (Å²) >= 11 is 2.22. The van der Waals surface area contributed by atoms with Crippen molar-refractivity contribution in [2.24, 2.45) is 5.16 Å². The van der Waals surface area contributed by atoms with Gasteiger partial charge in [0.05, 0.1) is 22.4 Å². The molecule has 0 spiro atoms. The molecular formula is C15H16N5NaO6S2. The second-order valence-corrected chi connectivity index (χ2v) is 7.63. The van der Waals surface area contributed by atoms with E-state index in [1.165, 1.54) is 24.3 Å².